The van der Waals surface area contributed by atoms with Crippen molar-refractivity contribution in [3.63, 3.8) is 0 Å². The highest BCUT2D eigenvalue weighted by Crippen LogP contribution is 2.21. The van der Waals surface area contributed by atoms with Crippen LogP contribution in [0.2, 0.25) is 0 Å². The topological polar surface area (TPSA) is 32.5 Å². The summed E-state index contributed by atoms with van der Waals surface area (Å²) in [4.78, 5) is 4.83. The van der Waals surface area contributed by atoms with Crippen LogP contribution in [0, 0.1) is 0 Å². The third kappa shape index (κ3) is 2.54. The number of likely N-dealkylation sites (tertiary alicyclic amines) is 1. The summed E-state index contributed by atoms with van der Waals surface area (Å²) >= 11 is 0. The van der Waals surface area contributed by atoms with Crippen LogP contribution in [-0.4, -0.2) is 44.2 Å². The van der Waals surface area contributed by atoms with E-state index >= 15 is 0 Å². The second kappa shape index (κ2) is 5.32. The van der Waals surface area contributed by atoms with Crippen LogP contribution < -0.4 is 10.6 Å². The molecular formula is C13H21N3. The lowest BCUT2D eigenvalue weighted by Gasteiger charge is -2.30. The van der Waals surface area contributed by atoms with E-state index in [-0.39, 0.29) is 0 Å². The number of para-hydroxylation sites is 1. The highest BCUT2D eigenvalue weighted by molar-refractivity contribution is 5.47. The Labute approximate surface area is 97.8 Å². The van der Waals surface area contributed by atoms with E-state index in [2.05, 4.69) is 47.2 Å². The van der Waals surface area contributed by atoms with Gasteiger partial charge >= 0.3 is 0 Å². The van der Waals surface area contributed by atoms with Gasteiger partial charge in [-0.15, -0.1) is 0 Å². The number of nitrogens with zero attached hydrogens (tertiary/aromatic N) is 2. The van der Waals surface area contributed by atoms with Crippen LogP contribution in [0.1, 0.15) is 6.42 Å². The molecule has 16 heavy (non-hydrogen) atoms. The third-order valence-corrected chi connectivity index (χ3v) is 3.27. The summed E-state index contributed by atoms with van der Waals surface area (Å²) in [6.45, 7) is 4.01. The summed E-state index contributed by atoms with van der Waals surface area (Å²) < 4.78 is 0. The van der Waals surface area contributed by atoms with Crippen molar-refractivity contribution in [1.29, 1.82) is 0 Å². The second-order valence-corrected chi connectivity index (χ2v) is 4.52. The Kier molecular flexibility index (Phi) is 3.80. The van der Waals surface area contributed by atoms with Gasteiger partial charge in [-0.3, -0.25) is 0 Å². The Hall–Kier alpha value is -1.06. The molecule has 0 amide bonds. The van der Waals surface area contributed by atoms with Crippen LogP contribution in [0.3, 0.4) is 0 Å². The van der Waals surface area contributed by atoms with E-state index in [1.807, 2.05) is 0 Å². The SMILES string of the molecule is CN1CCC(N(CCN)c2ccccc2)C1. The van der Waals surface area contributed by atoms with Crippen LogP contribution in [0.15, 0.2) is 30.3 Å². The fraction of sp³-hybridized carbons (Fsp3) is 0.538. The molecule has 3 heteroatoms. The zero-order valence-electron chi connectivity index (χ0n) is 9.97. The molecule has 88 valence electrons. The molecule has 1 aliphatic rings. The molecule has 2 N–H and O–H groups in total. The van der Waals surface area contributed by atoms with Gasteiger partial charge in [0.05, 0.1) is 0 Å². The van der Waals surface area contributed by atoms with Gasteiger partial charge in [-0.2, -0.15) is 0 Å². The number of hydrogen-bond acceptors (Lipinski definition) is 3. The predicted molar refractivity (Wildman–Crippen MR) is 68.7 cm³/mol. The number of hydrogen-bond donors (Lipinski definition) is 1. The molecule has 2 rings (SSSR count). The first-order valence-corrected chi connectivity index (χ1v) is 6.01. The van der Waals surface area contributed by atoms with Crippen LogP contribution >= 0.6 is 0 Å². The molecule has 1 aromatic rings. The Morgan fingerprint density at radius 3 is 2.69 bits per heavy atom. The first-order valence-electron chi connectivity index (χ1n) is 6.01. The molecule has 0 spiro atoms. The fourth-order valence-corrected chi connectivity index (χ4v) is 2.45. The van der Waals surface area contributed by atoms with Crippen molar-refractivity contribution in [3.8, 4) is 0 Å². The third-order valence-electron chi connectivity index (χ3n) is 3.27. The van der Waals surface area contributed by atoms with Crippen molar-refractivity contribution in [2.45, 2.75) is 12.5 Å². The lowest BCUT2D eigenvalue weighted by molar-refractivity contribution is 0.407. The Balaban J connectivity index is 2.11. The Bertz CT molecular complexity index is 312. The zero-order valence-corrected chi connectivity index (χ0v) is 9.97. The molecule has 1 saturated heterocycles. The fourth-order valence-electron chi connectivity index (χ4n) is 2.45. The maximum atomic E-state index is 5.71. The molecule has 0 aromatic heterocycles. The van der Waals surface area contributed by atoms with E-state index in [1.165, 1.54) is 18.7 Å². The molecule has 1 aromatic carbocycles. The molecule has 0 saturated carbocycles. The molecule has 1 fully saturated rings. The molecule has 0 bridgehead atoms. The van der Waals surface area contributed by atoms with Gasteiger partial charge in [0.25, 0.3) is 0 Å². The summed E-state index contributed by atoms with van der Waals surface area (Å²) in [7, 11) is 2.19. The van der Waals surface area contributed by atoms with Gasteiger partial charge in [-0.05, 0) is 32.1 Å². The Morgan fingerprint density at radius 1 is 1.38 bits per heavy atom. The monoisotopic (exact) mass is 219 g/mol. The zero-order chi connectivity index (χ0) is 11.4. The number of anilines is 1. The Morgan fingerprint density at radius 2 is 2.12 bits per heavy atom. The van der Waals surface area contributed by atoms with Crippen molar-refractivity contribution in [1.82, 2.24) is 4.90 Å². The smallest absolute Gasteiger partial charge is 0.0429 e. The van der Waals surface area contributed by atoms with E-state index in [4.69, 9.17) is 5.73 Å². The van der Waals surface area contributed by atoms with E-state index in [1.54, 1.807) is 0 Å². The van der Waals surface area contributed by atoms with E-state index in [9.17, 15) is 0 Å². The van der Waals surface area contributed by atoms with Crippen molar-refractivity contribution < 1.29 is 0 Å². The first-order chi connectivity index (χ1) is 7.81. The van der Waals surface area contributed by atoms with Gasteiger partial charge in [0.1, 0.15) is 0 Å². The molecule has 1 unspecified atom stereocenters. The molecule has 0 aliphatic carbocycles. The predicted octanol–water partition coefficient (Wildman–Crippen LogP) is 1.16. The van der Waals surface area contributed by atoms with E-state index < -0.39 is 0 Å². The van der Waals surface area contributed by atoms with E-state index in [0.717, 1.165) is 19.6 Å². The van der Waals surface area contributed by atoms with Crippen LogP contribution in [0.25, 0.3) is 0 Å². The molecule has 3 nitrogen and oxygen atoms in total. The standard InChI is InChI=1S/C13H21N3/c1-15-9-7-13(11-15)16(10-8-14)12-5-3-2-4-6-12/h2-6,13H,7-11,14H2,1H3. The molecular weight excluding hydrogens is 198 g/mol. The average Bonchev–Trinajstić information content (AvgIpc) is 2.74. The summed E-state index contributed by atoms with van der Waals surface area (Å²) in [5.41, 5.74) is 7.01. The minimum atomic E-state index is 0.621. The first kappa shape index (κ1) is 11.4. The van der Waals surface area contributed by atoms with Gasteiger partial charge < -0.3 is 15.5 Å². The van der Waals surface area contributed by atoms with Crippen LogP contribution in [0.4, 0.5) is 5.69 Å². The average molecular weight is 219 g/mol. The second-order valence-electron chi connectivity index (χ2n) is 4.52. The number of benzene rings is 1. The van der Waals surface area contributed by atoms with Gasteiger partial charge in [-0.1, -0.05) is 18.2 Å². The quantitative estimate of drug-likeness (QED) is 0.824. The molecule has 0 radical (unpaired) electrons. The lowest BCUT2D eigenvalue weighted by Crippen LogP contribution is -2.40. The van der Waals surface area contributed by atoms with Gasteiger partial charge in [-0.25, -0.2) is 0 Å². The normalized spacial score (nSPS) is 21.2. The van der Waals surface area contributed by atoms with Crippen molar-refractivity contribution in [3.05, 3.63) is 30.3 Å². The largest absolute Gasteiger partial charge is 0.366 e. The van der Waals surface area contributed by atoms with Gasteiger partial charge in [0.15, 0.2) is 0 Å². The highest BCUT2D eigenvalue weighted by Gasteiger charge is 2.25. The van der Waals surface area contributed by atoms with Gasteiger partial charge in [0.2, 0.25) is 0 Å². The van der Waals surface area contributed by atoms with Crippen LogP contribution in [-0.2, 0) is 0 Å². The van der Waals surface area contributed by atoms with Crippen LogP contribution in [0.5, 0.6) is 0 Å². The summed E-state index contributed by atoms with van der Waals surface area (Å²) in [6, 6.07) is 11.2. The van der Waals surface area contributed by atoms with Crippen molar-refractivity contribution >= 4 is 5.69 Å². The lowest BCUT2D eigenvalue weighted by atomic mass is 10.2. The number of rotatable bonds is 4. The summed E-state index contributed by atoms with van der Waals surface area (Å²) in [5, 5.41) is 0. The molecule has 1 atom stereocenters. The minimum Gasteiger partial charge on any atom is -0.366 e. The summed E-state index contributed by atoms with van der Waals surface area (Å²) in [5.74, 6) is 0. The van der Waals surface area contributed by atoms with Crippen molar-refractivity contribution in [2.75, 3.05) is 38.1 Å². The maximum absolute atomic E-state index is 5.71. The highest BCUT2D eigenvalue weighted by atomic mass is 15.2. The van der Waals surface area contributed by atoms with E-state index in [0.29, 0.717) is 6.04 Å². The maximum Gasteiger partial charge on any atom is 0.0429 e. The summed E-state index contributed by atoms with van der Waals surface area (Å²) in [6.07, 6.45) is 1.24. The minimum absolute atomic E-state index is 0.621. The molecule has 1 aliphatic heterocycles. The van der Waals surface area contributed by atoms with Crippen molar-refractivity contribution in [2.24, 2.45) is 5.73 Å². The number of nitrogens with two attached hydrogens (primary N) is 1. The van der Waals surface area contributed by atoms with Gasteiger partial charge in [0, 0.05) is 31.4 Å². The molecule has 1 heterocycles. The number of likely N-dealkylation sites (N-methyl/N-ethyl adjacent to an activating group) is 1.